The number of hydrogen-bond donors (Lipinski definition) is 1. The van der Waals surface area contributed by atoms with Gasteiger partial charge in [-0.2, -0.15) is 5.26 Å². The van der Waals surface area contributed by atoms with Gasteiger partial charge < -0.3 is 5.11 Å². The Morgan fingerprint density at radius 2 is 2.23 bits per heavy atom. The first-order chi connectivity index (χ1) is 6.06. The van der Waals surface area contributed by atoms with Crippen LogP contribution in [0.3, 0.4) is 0 Å². The summed E-state index contributed by atoms with van der Waals surface area (Å²) in [5, 5.41) is 17.3. The molecule has 66 valence electrons. The molecule has 1 rings (SSSR count). The predicted octanol–water partition coefficient (Wildman–Crippen LogP) is 2.67. The molecule has 0 spiro atoms. The van der Waals surface area contributed by atoms with Crippen LogP contribution >= 0.6 is 27.5 Å². The Morgan fingerprint density at radius 1 is 1.62 bits per heavy atom. The summed E-state index contributed by atoms with van der Waals surface area (Å²) in [7, 11) is 0. The molecule has 0 fully saturated rings. The molecular weight excluding hydrogens is 257 g/mol. The molecule has 0 bridgehead atoms. The number of hydrogen-bond acceptors (Lipinski definition) is 2. The maximum absolute atomic E-state index is 10.6. The van der Waals surface area contributed by atoms with Gasteiger partial charge in [0.2, 0.25) is 0 Å². The molecule has 3 nitrogen and oxygen atoms in total. The van der Waals surface area contributed by atoms with Crippen LogP contribution in [0.2, 0.25) is 5.02 Å². The topological polar surface area (TPSA) is 61.1 Å². The minimum atomic E-state index is -1.15. The molecule has 0 heterocycles. The second-order valence-corrected chi connectivity index (χ2v) is 3.53. The Labute approximate surface area is 87.7 Å². The summed E-state index contributed by atoms with van der Waals surface area (Å²) in [6, 6.07) is 4.63. The summed E-state index contributed by atoms with van der Waals surface area (Å²) in [5.74, 6) is -1.15. The number of carboxylic acids is 1. The lowest BCUT2D eigenvalue weighted by Gasteiger charge is -2.01. The molecule has 0 saturated heterocycles. The lowest BCUT2D eigenvalue weighted by atomic mass is 10.1. The Morgan fingerprint density at radius 3 is 2.69 bits per heavy atom. The minimum Gasteiger partial charge on any atom is -0.478 e. The van der Waals surface area contributed by atoms with E-state index in [1.807, 2.05) is 0 Å². The highest BCUT2D eigenvalue weighted by molar-refractivity contribution is 9.10. The first kappa shape index (κ1) is 10.0. The van der Waals surface area contributed by atoms with E-state index in [1.54, 1.807) is 6.07 Å². The van der Waals surface area contributed by atoms with Crippen LogP contribution in [-0.4, -0.2) is 11.1 Å². The molecule has 1 aromatic rings. The van der Waals surface area contributed by atoms with E-state index in [2.05, 4.69) is 15.9 Å². The average Bonchev–Trinajstić information content (AvgIpc) is 2.08. The van der Waals surface area contributed by atoms with Crippen LogP contribution in [0.1, 0.15) is 15.9 Å². The third-order valence-corrected chi connectivity index (χ3v) is 2.25. The number of carboxylic acid groups (broad SMARTS) is 1. The molecule has 5 heteroatoms. The fourth-order valence-electron chi connectivity index (χ4n) is 0.826. The standard InChI is InChI=1S/C8H3BrClNO2/c9-5-1-4(3-11)7(10)6(2-5)8(12)13/h1-2H,(H,12,13). The van der Waals surface area contributed by atoms with Gasteiger partial charge in [0.15, 0.2) is 0 Å². The van der Waals surface area contributed by atoms with E-state index in [1.165, 1.54) is 12.1 Å². The molecule has 0 unspecified atom stereocenters. The highest BCUT2D eigenvalue weighted by atomic mass is 79.9. The zero-order valence-corrected chi connectivity index (χ0v) is 8.56. The van der Waals surface area contributed by atoms with Gasteiger partial charge in [-0.05, 0) is 12.1 Å². The Bertz CT molecular complexity index is 411. The molecule has 0 radical (unpaired) electrons. The van der Waals surface area contributed by atoms with Gasteiger partial charge in [-0.25, -0.2) is 4.79 Å². The van der Waals surface area contributed by atoms with Gasteiger partial charge in [-0.15, -0.1) is 0 Å². The lowest BCUT2D eigenvalue weighted by molar-refractivity contribution is 0.0697. The van der Waals surface area contributed by atoms with Crippen LogP contribution < -0.4 is 0 Å². The third-order valence-electron chi connectivity index (χ3n) is 1.39. The summed E-state index contributed by atoms with van der Waals surface area (Å²) in [6.07, 6.45) is 0. The number of nitriles is 1. The van der Waals surface area contributed by atoms with Crippen molar-refractivity contribution in [3.05, 3.63) is 32.8 Å². The van der Waals surface area contributed by atoms with Crippen molar-refractivity contribution in [2.45, 2.75) is 0 Å². The van der Waals surface area contributed by atoms with Crippen molar-refractivity contribution in [3.63, 3.8) is 0 Å². The molecule has 0 aliphatic carbocycles. The van der Waals surface area contributed by atoms with Crippen LogP contribution in [0.5, 0.6) is 0 Å². The SMILES string of the molecule is N#Cc1cc(Br)cc(C(=O)O)c1Cl. The number of rotatable bonds is 1. The van der Waals surface area contributed by atoms with Crippen molar-refractivity contribution in [1.82, 2.24) is 0 Å². The Hall–Kier alpha value is -1.05. The first-order valence-electron chi connectivity index (χ1n) is 3.18. The van der Waals surface area contributed by atoms with Crippen molar-refractivity contribution < 1.29 is 9.90 Å². The van der Waals surface area contributed by atoms with Crippen LogP contribution in [0.4, 0.5) is 0 Å². The maximum Gasteiger partial charge on any atom is 0.337 e. The summed E-state index contributed by atoms with van der Waals surface area (Å²) < 4.78 is 0.519. The fourth-order valence-corrected chi connectivity index (χ4v) is 1.52. The number of nitrogens with zero attached hydrogens (tertiary/aromatic N) is 1. The monoisotopic (exact) mass is 259 g/mol. The van der Waals surface area contributed by atoms with Crippen LogP contribution in [-0.2, 0) is 0 Å². The zero-order valence-electron chi connectivity index (χ0n) is 6.21. The van der Waals surface area contributed by atoms with E-state index in [9.17, 15) is 4.79 Å². The zero-order chi connectivity index (χ0) is 10.0. The molecule has 0 amide bonds. The van der Waals surface area contributed by atoms with Gasteiger partial charge >= 0.3 is 5.97 Å². The molecule has 13 heavy (non-hydrogen) atoms. The van der Waals surface area contributed by atoms with Gasteiger partial charge in [0.05, 0.1) is 16.1 Å². The molecule has 1 N–H and O–H groups in total. The number of benzene rings is 1. The molecule has 1 aromatic carbocycles. The molecule has 0 aliphatic rings. The Kier molecular flexibility index (Phi) is 2.91. The van der Waals surface area contributed by atoms with Crippen molar-refractivity contribution in [3.8, 4) is 6.07 Å². The van der Waals surface area contributed by atoms with E-state index in [4.69, 9.17) is 22.0 Å². The van der Waals surface area contributed by atoms with E-state index in [0.29, 0.717) is 4.47 Å². The van der Waals surface area contributed by atoms with Gasteiger partial charge in [0, 0.05) is 4.47 Å². The first-order valence-corrected chi connectivity index (χ1v) is 4.35. The lowest BCUT2D eigenvalue weighted by Crippen LogP contribution is -1.98. The van der Waals surface area contributed by atoms with Crippen LogP contribution in [0, 0.1) is 11.3 Å². The predicted molar refractivity (Wildman–Crippen MR) is 50.8 cm³/mol. The van der Waals surface area contributed by atoms with E-state index >= 15 is 0 Å². The third kappa shape index (κ3) is 2.00. The molecule has 0 aromatic heterocycles. The smallest absolute Gasteiger partial charge is 0.337 e. The van der Waals surface area contributed by atoms with Crippen molar-refractivity contribution >= 4 is 33.5 Å². The molecule has 0 aliphatic heterocycles. The Balaban J connectivity index is 3.47. The highest BCUT2D eigenvalue weighted by Crippen LogP contribution is 2.25. The molecule has 0 saturated carbocycles. The second-order valence-electron chi connectivity index (χ2n) is 2.23. The van der Waals surface area contributed by atoms with Gasteiger partial charge in [0.25, 0.3) is 0 Å². The number of halogens is 2. The summed E-state index contributed by atoms with van der Waals surface area (Å²) in [6.45, 7) is 0. The molecular formula is C8H3BrClNO2. The highest BCUT2D eigenvalue weighted by Gasteiger charge is 2.13. The summed E-state index contributed by atoms with van der Waals surface area (Å²) >= 11 is 8.73. The summed E-state index contributed by atoms with van der Waals surface area (Å²) in [4.78, 5) is 10.6. The largest absolute Gasteiger partial charge is 0.478 e. The fraction of sp³-hybridized carbons (Fsp3) is 0. The summed E-state index contributed by atoms with van der Waals surface area (Å²) in [5.41, 5.74) is 0.0704. The van der Waals surface area contributed by atoms with Crippen molar-refractivity contribution in [2.24, 2.45) is 0 Å². The quantitative estimate of drug-likeness (QED) is 0.844. The normalized spacial score (nSPS) is 9.31. The maximum atomic E-state index is 10.6. The van der Waals surface area contributed by atoms with Crippen LogP contribution in [0.15, 0.2) is 16.6 Å². The number of carbonyl (C=O) groups is 1. The van der Waals surface area contributed by atoms with Crippen molar-refractivity contribution in [1.29, 1.82) is 5.26 Å². The van der Waals surface area contributed by atoms with Crippen molar-refractivity contribution in [2.75, 3.05) is 0 Å². The number of aromatic carboxylic acids is 1. The van der Waals surface area contributed by atoms with Crippen LogP contribution in [0.25, 0.3) is 0 Å². The minimum absolute atomic E-state index is 0.0294. The molecule has 0 atom stereocenters. The van der Waals surface area contributed by atoms with Gasteiger partial charge in [-0.1, -0.05) is 27.5 Å². The van der Waals surface area contributed by atoms with E-state index in [0.717, 1.165) is 0 Å². The van der Waals surface area contributed by atoms with E-state index in [-0.39, 0.29) is 16.1 Å². The van der Waals surface area contributed by atoms with Gasteiger partial charge in [0.1, 0.15) is 6.07 Å². The second kappa shape index (κ2) is 3.77. The average molecular weight is 260 g/mol. The van der Waals surface area contributed by atoms with E-state index < -0.39 is 5.97 Å². The van der Waals surface area contributed by atoms with Gasteiger partial charge in [-0.3, -0.25) is 0 Å².